The Morgan fingerprint density at radius 2 is 0.897 bits per heavy atom. The van der Waals surface area contributed by atoms with Gasteiger partial charge < -0.3 is 19.3 Å². The molecule has 4 heteroatoms. The van der Waals surface area contributed by atoms with Crippen molar-refractivity contribution in [2.75, 3.05) is 54.6 Å². The Morgan fingerprint density at radius 1 is 0.621 bits per heavy atom. The van der Waals surface area contributed by atoms with Crippen molar-refractivity contribution in [2.24, 2.45) is 11.8 Å². The van der Waals surface area contributed by atoms with Gasteiger partial charge in [0, 0.05) is 39.4 Å². The summed E-state index contributed by atoms with van der Waals surface area (Å²) in [7, 11) is 7.99. The summed E-state index contributed by atoms with van der Waals surface area (Å²) in [4.78, 5) is 4.91. The number of nitrogens with zero attached hydrogens (tertiary/aromatic N) is 2. The standard InChI is InChI=1S/2C11H23NO.C3H8/c2*1-10-4-6-11(7-5-10)12(2)8-9-13-3;1-3-2/h2*10-11H,4-9H2,1-3H3;3H2,1-2H3. The molecule has 0 bridgehead atoms. The maximum absolute atomic E-state index is 5.08. The molecule has 0 aromatic carbocycles. The van der Waals surface area contributed by atoms with E-state index in [1.54, 1.807) is 14.2 Å². The number of rotatable bonds is 8. The van der Waals surface area contributed by atoms with Gasteiger partial charge in [0.2, 0.25) is 0 Å². The molecular formula is C25H54N2O2. The molecule has 2 rings (SSSR count). The first-order valence-electron chi connectivity index (χ1n) is 12.3. The molecule has 4 nitrogen and oxygen atoms in total. The minimum Gasteiger partial charge on any atom is -0.383 e. The van der Waals surface area contributed by atoms with Gasteiger partial charge in [-0.25, -0.2) is 0 Å². The molecule has 0 N–H and O–H groups in total. The summed E-state index contributed by atoms with van der Waals surface area (Å²) in [6.45, 7) is 12.9. The van der Waals surface area contributed by atoms with Crippen molar-refractivity contribution in [1.29, 1.82) is 0 Å². The third-order valence-electron chi connectivity index (χ3n) is 6.51. The summed E-state index contributed by atoms with van der Waals surface area (Å²) in [5.74, 6) is 1.90. The molecule has 0 aliphatic heterocycles. The first-order chi connectivity index (χ1) is 13.9. The van der Waals surface area contributed by atoms with Gasteiger partial charge in [-0.1, -0.05) is 34.1 Å². The molecule has 2 fully saturated rings. The second-order valence-electron chi connectivity index (χ2n) is 9.48. The van der Waals surface area contributed by atoms with Gasteiger partial charge in [0.1, 0.15) is 0 Å². The number of methoxy groups -OCH3 is 2. The Hall–Kier alpha value is -0.160. The van der Waals surface area contributed by atoms with E-state index in [0.717, 1.165) is 50.2 Å². The molecule has 29 heavy (non-hydrogen) atoms. The van der Waals surface area contributed by atoms with Crippen molar-refractivity contribution in [1.82, 2.24) is 9.80 Å². The van der Waals surface area contributed by atoms with Crippen LogP contribution in [0.5, 0.6) is 0 Å². The molecule has 0 heterocycles. The summed E-state index contributed by atoms with van der Waals surface area (Å²) in [5, 5.41) is 0. The molecule has 0 saturated heterocycles. The molecule has 0 unspecified atom stereocenters. The average molecular weight is 415 g/mol. The Labute approximate surface area is 183 Å². The molecule has 0 aromatic rings. The van der Waals surface area contributed by atoms with E-state index in [9.17, 15) is 0 Å². The molecule has 0 radical (unpaired) electrons. The zero-order valence-corrected chi connectivity index (χ0v) is 21.2. The van der Waals surface area contributed by atoms with Crippen molar-refractivity contribution in [3.63, 3.8) is 0 Å². The third kappa shape index (κ3) is 14.5. The first kappa shape index (κ1) is 28.8. The van der Waals surface area contributed by atoms with Crippen molar-refractivity contribution >= 4 is 0 Å². The topological polar surface area (TPSA) is 24.9 Å². The van der Waals surface area contributed by atoms with Crippen LogP contribution in [0.15, 0.2) is 0 Å². The SMILES string of the molecule is CCC.COCCN(C)C1CCC(C)CC1.COCCN(C)C1CCC(C)CC1. The fraction of sp³-hybridized carbons (Fsp3) is 1.00. The van der Waals surface area contributed by atoms with Crippen LogP contribution in [0.3, 0.4) is 0 Å². The van der Waals surface area contributed by atoms with E-state index in [1.165, 1.54) is 57.8 Å². The van der Waals surface area contributed by atoms with Crippen LogP contribution in [0.1, 0.15) is 85.5 Å². The smallest absolute Gasteiger partial charge is 0.0589 e. The number of ether oxygens (including phenoxy) is 2. The van der Waals surface area contributed by atoms with Gasteiger partial charge in [0.25, 0.3) is 0 Å². The average Bonchev–Trinajstić information content (AvgIpc) is 2.72. The van der Waals surface area contributed by atoms with E-state index in [1.807, 2.05) is 0 Å². The van der Waals surface area contributed by atoms with E-state index in [2.05, 4.69) is 51.6 Å². The van der Waals surface area contributed by atoms with Crippen molar-refractivity contribution in [3.05, 3.63) is 0 Å². The molecular weight excluding hydrogens is 360 g/mol. The number of hydrogen-bond donors (Lipinski definition) is 0. The van der Waals surface area contributed by atoms with Crippen LogP contribution >= 0.6 is 0 Å². The maximum atomic E-state index is 5.08. The highest BCUT2D eigenvalue weighted by molar-refractivity contribution is 4.77. The van der Waals surface area contributed by atoms with Gasteiger partial charge >= 0.3 is 0 Å². The van der Waals surface area contributed by atoms with Crippen LogP contribution in [0.25, 0.3) is 0 Å². The van der Waals surface area contributed by atoms with Crippen LogP contribution in [0.2, 0.25) is 0 Å². The lowest BCUT2D eigenvalue weighted by atomic mass is 9.87. The van der Waals surface area contributed by atoms with Gasteiger partial charge in [0.15, 0.2) is 0 Å². The molecule has 2 saturated carbocycles. The molecule has 0 amide bonds. The van der Waals surface area contributed by atoms with E-state index < -0.39 is 0 Å². The third-order valence-corrected chi connectivity index (χ3v) is 6.51. The van der Waals surface area contributed by atoms with Crippen LogP contribution in [0, 0.1) is 11.8 Å². The largest absolute Gasteiger partial charge is 0.383 e. The van der Waals surface area contributed by atoms with Gasteiger partial charge in [-0.15, -0.1) is 0 Å². The molecule has 0 aromatic heterocycles. The van der Waals surface area contributed by atoms with E-state index >= 15 is 0 Å². The van der Waals surface area contributed by atoms with Gasteiger partial charge in [-0.2, -0.15) is 0 Å². The normalized spacial score (nSPS) is 27.1. The summed E-state index contributed by atoms with van der Waals surface area (Å²) in [5.41, 5.74) is 0. The fourth-order valence-electron chi connectivity index (χ4n) is 4.20. The van der Waals surface area contributed by atoms with Crippen LogP contribution in [-0.2, 0) is 9.47 Å². The molecule has 2 aliphatic rings. The first-order valence-corrected chi connectivity index (χ1v) is 12.3. The van der Waals surface area contributed by atoms with Gasteiger partial charge in [-0.3, -0.25) is 0 Å². The van der Waals surface area contributed by atoms with E-state index in [0.29, 0.717) is 0 Å². The predicted octanol–water partition coefficient (Wildman–Crippen LogP) is 5.70. The minimum absolute atomic E-state index is 0.811. The Bertz CT molecular complexity index is 306. The minimum atomic E-state index is 0.811. The number of likely N-dealkylation sites (N-methyl/N-ethyl adjacent to an activating group) is 2. The fourth-order valence-corrected chi connectivity index (χ4v) is 4.20. The Morgan fingerprint density at radius 3 is 1.14 bits per heavy atom. The summed E-state index contributed by atoms with van der Waals surface area (Å²) < 4.78 is 10.2. The summed E-state index contributed by atoms with van der Waals surface area (Å²) in [6.07, 6.45) is 12.4. The number of hydrogen-bond acceptors (Lipinski definition) is 4. The van der Waals surface area contributed by atoms with Crippen molar-refractivity contribution < 1.29 is 9.47 Å². The lowest BCUT2D eigenvalue weighted by Gasteiger charge is -2.33. The highest BCUT2D eigenvalue weighted by Crippen LogP contribution is 2.27. The molecule has 176 valence electrons. The van der Waals surface area contributed by atoms with Crippen LogP contribution in [-0.4, -0.2) is 76.5 Å². The van der Waals surface area contributed by atoms with Gasteiger partial charge in [0.05, 0.1) is 13.2 Å². The summed E-state index contributed by atoms with van der Waals surface area (Å²) >= 11 is 0. The zero-order chi connectivity index (χ0) is 22.1. The second kappa shape index (κ2) is 18.6. The van der Waals surface area contributed by atoms with Crippen molar-refractivity contribution in [2.45, 2.75) is 97.6 Å². The highest BCUT2D eigenvalue weighted by Gasteiger charge is 2.21. The maximum Gasteiger partial charge on any atom is 0.0589 e. The molecule has 0 atom stereocenters. The molecule has 0 spiro atoms. The van der Waals surface area contributed by atoms with E-state index in [-0.39, 0.29) is 0 Å². The Kier molecular flexibility index (Phi) is 18.5. The molecule has 2 aliphatic carbocycles. The van der Waals surface area contributed by atoms with E-state index in [4.69, 9.17) is 9.47 Å². The highest BCUT2D eigenvalue weighted by atomic mass is 16.5. The Balaban J connectivity index is 0.000000477. The van der Waals surface area contributed by atoms with Crippen molar-refractivity contribution in [3.8, 4) is 0 Å². The predicted molar refractivity (Wildman–Crippen MR) is 128 cm³/mol. The lowest BCUT2D eigenvalue weighted by molar-refractivity contribution is 0.115. The monoisotopic (exact) mass is 414 g/mol. The van der Waals surface area contributed by atoms with Gasteiger partial charge in [-0.05, 0) is 77.3 Å². The van der Waals surface area contributed by atoms with Crippen LogP contribution < -0.4 is 0 Å². The summed E-state index contributed by atoms with van der Waals surface area (Å²) in [6, 6.07) is 1.62. The zero-order valence-electron chi connectivity index (χ0n) is 21.2. The van der Waals surface area contributed by atoms with Crippen LogP contribution in [0.4, 0.5) is 0 Å². The lowest BCUT2D eigenvalue weighted by Crippen LogP contribution is -2.36. The second-order valence-corrected chi connectivity index (χ2v) is 9.48. The quantitative estimate of drug-likeness (QED) is 0.508.